The average molecular weight is 186 g/mol. The molecule has 1 heterocycles. The molecule has 2 heteroatoms. The highest BCUT2D eigenvalue weighted by atomic mass is 15.3. The Bertz CT molecular complexity index is 441. The van der Waals surface area contributed by atoms with Gasteiger partial charge in [-0.15, -0.1) is 0 Å². The van der Waals surface area contributed by atoms with Crippen molar-refractivity contribution in [1.29, 1.82) is 0 Å². The maximum atomic E-state index is 4.50. The van der Waals surface area contributed by atoms with Gasteiger partial charge < -0.3 is 0 Å². The van der Waals surface area contributed by atoms with Crippen molar-refractivity contribution in [3.05, 3.63) is 47.3 Å². The van der Waals surface area contributed by atoms with E-state index in [1.165, 1.54) is 11.3 Å². The molecule has 14 heavy (non-hydrogen) atoms. The van der Waals surface area contributed by atoms with Gasteiger partial charge in [-0.2, -0.15) is 5.10 Å². The summed E-state index contributed by atoms with van der Waals surface area (Å²) < 4.78 is 1.99. The van der Waals surface area contributed by atoms with E-state index < -0.39 is 0 Å². The Morgan fingerprint density at radius 3 is 2.14 bits per heavy atom. The minimum absolute atomic E-state index is 1.10. The first-order valence-electron chi connectivity index (χ1n) is 4.78. The molecular weight excluding hydrogens is 172 g/mol. The second-order valence-corrected chi connectivity index (χ2v) is 3.54. The molecule has 0 aliphatic carbocycles. The molecule has 0 unspecified atom stereocenters. The largest absolute Gasteiger partial charge is 0.238 e. The molecule has 72 valence electrons. The van der Waals surface area contributed by atoms with Crippen LogP contribution in [0.5, 0.6) is 0 Å². The van der Waals surface area contributed by atoms with Crippen LogP contribution in [0.3, 0.4) is 0 Å². The van der Waals surface area contributed by atoms with E-state index in [1.807, 2.05) is 29.8 Å². The summed E-state index contributed by atoms with van der Waals surface area (Å²) in [6, 6.07) is 10.2. The number of rotatable bonds is 1. The Morgan fingerprint density at radius 2 is 1.64 bits per heavy atom. The first kappa shape index (κ1) is 9.00. The summed E-state index contributed by atoms with van der Waals surface area (Å²) in [5.74, 6) is 0. The molecule has 2 rings (SSSR count). The predicted molar refractivity (Wildman–Crippen MR) is 57.8 cm³/mol. The van der Waals surface area contributed by atoms with Crippen molar-refractivity contribution >= 4 is 0 Å². The van der Waals surface area contributed by atoms with E-state index in [0.717, 1.165) is 11.4 Å². The number of para-hydroxylation sites is 1. The summed E-state index contributed by atoms with van der Waals surface area (Å²) in [6.45, 7) is 6.25. The third kappa shape index (κ3) is 1.33. The van der Waals surface area contributed by atoms with Gasteiger partial charge in [-0.25, -0.2) is 4.68 Å². The fourth-order valence-electron chi connectivity index (χ4n) is 1.54. The van der Waals surface area contributed by atoms with Crippen LogP contribution in [0.15, 0.2) is 30.3 Å². The van der Waals surface area contributed by atoms with Gasteiger partial charge in [0.1, 0.15) is 0 Å². The van der Waals surface area contributed by atoms with Crippen molar-refractivity contribution in [2.45, 2.75) is 20.8 Å². The number of aryl methyl sites for hydroxylation is 1. The second-order valence-electron chi connectivity index (χ2n) is 3.54. The highest BCUT2D eigenvalue weighted by molar-refractivity contribution is 5.36. The van der Waals surface area contributed by atoms with Crippen molar-refractivity contribution in [2.24, 2.45) is 0 Å². The standard InChI is InChI=1S/C12H14N2/c1-9-10(2)13-14(11(9)3)12-7-5-4-6-8-12/h4-8H,1-3H3. The number of hydrogen-bond acceptors (Lipinski definition) is 1. The normalized spacial score (nSPS) is 10.5. The predicted octanol–water partition coefficient (Wildman–Crippen LogP) is 2.80. The van der Waals surface area contributed by atoms with E-state index in [4.69, 9.17) is 0 Å². The van der Waals surface area contributed by atoms with Gasteiger partial charge in [0.25, 0.3) is 0 Å². The van der Waals surface area contributed by atoms with Crippen molar-refractivity contribution < 1.29 is 0 Å². The first-order valence-corrected chi connectivity index (χ1v) is 4.78. The van der Waals surface area contributed by atoms with E-state index in [-0.39, 0.29) is 0 Å². The van der Waals surface area contributed by atoms with Crippen LogP contribution in [-0.2, 0) is 0 Å². The Balaban J connectivity index is 2.58. The van der Waals surface area contributed by atoms with Crippen LogP contribution in [0, 0.1) is 20.8 Å². The lowest BCUT2D eigenvalue weighted by Gasteiger charge is -2.03. The van der Waals surface area contributed by atoms with Crippen LogP contribution in [0.25, 0.3) is 5.69 Å². The SMILES string of the molecule is Cc1nn(-c2ccccc2)c(C)c1C. The number of aromatic nitrogens is 2. The Labute approximate surface area is 84.2 Å². The highest BCUT2D eigenvalue weighted by Crippen LogP contribution is 2.15. The summed E-state index contributed by atoms with van der Waals surface area (Å²) in [6.07, 6.45) is 0. The van der Waals surface area contributed by atoms with E-state index in [2.05, 4.69) is 31.1 Å². The molecule has 0 saturated carbocycles. The summed E-state index contributed by atoms with van der Waals surface area (Å²) in [5, 5.41) is 4.50. The molecule has 0 radical (unpaired) electrons. The molecule has 1 aromatic carbocycles. The molecule has 0 aliphatic heterocycles. The number of benzene rings is 1. The van der Waals surface area contributed by atoms with Crippen LogP contribution >= 0.6 is 0 Å². The molecule has 0 N–H and O–H groups in total. The quantitative estimate of drug-likeness (QED) is 0.669. The fraction of sp³-hybridized carbons (Fsp3) is 0.250. The maximum Gasteiger partial charge on any atom is 0.0648 e. The van der Waals surface area contributed by atoms with Gasteiger partial charge in [0, 0.05) is 5.69 Å². The van der Waals surface area contributed by atoms with E-state index >= 15 is 0 Å². The molecule has 0 aliphatic rings. The van der Waals surface area contributed by atoms with Crippen LogP contribution in [0.2, 0.25) is 0 Å². The summed E-state index contributed by atoms with van der Waals surface area (Å²) in [4.78, 5) is 0. The minimum atomic E-state index is 1.10. The molecule has 0 atom stereocenters. The zero-order valence-corrected chi connectivity index (χ0v) is 8.78. The molecular formula is C12H14N2. The maximum absolute atomic E-state index is 4.50. The minimum Gasteiger partial charge on any atom is -0.238 e. The number of hydrogen-bond donors (Lipinski definition) is 0. The average Bonchev–Trinajstić information content (AvgIpc) is 2.47. The molecule has 0 fully saturated rings. The Morgan fingerprint density at radius 1 is 1.00 bits per heavy atom. The van der Waals surface area contributed by atoms with Gasteiger partial charge in [0.15, 0.2) is 0 Å². The summed E-state index contributed by atoms with van der Waals surface area (Å²) in [7, 11) is 0. The fourth-order valence-corrected chi connectivity index (χ4v) is 1.54. The Kier molecular flexibility index (Phi) is 2.12. The van der Waals surface area contributed by atoms with E-state index in [9.17, 15) is 0 Å². The Hall–Kier alpha value is -1.57. The lowest BCUT2D eigenvalue weighted by Crippen LogP contribution is -1.98. The van der Waals surface area contributed by atoms with Crippen LogP contribution < -0.4 is 0 Å². The van der Waals surface area contributed by atoms with Crippen molar-refractivity contribution in [3.63, 3.8) is 0 Å². The molecule has 2 nitrogen and oxygen atoms in total. The smallest absolute Gasteiger partial charge is 0.0648 e. The third-order valence-electron chi connectivity index (χ3n) is 2.65. The number of nitrogens with zero attached hydrogens (tertiary/aromatic N) is 2. The van der Waals surface area contributed by atoms with Crippen molar-refractivity contribution in [2.75, 3.05) is 0 Å². The lowest BCUT2D eigenvalue weighted by molar-refractivity contribution is 0.833. The van der Waals surface area contributed by atoms with Gasteiger partial charge >= 0.3 is 0 Å². The summed E-state index contributed by atoms with van der Waals surface area (Å²) in [5.41, 5.74) is 4.72. The second kappa shape index (κ2) is 3.29. The van der Waals surface area contributed by atoms with Gasteiger partial charge in [-0.1, -0.05) is 18.2 Å². The van der Waals surface area contributed by atoms with Gasteiger partial charge in [-0.05, 0) is 38.5 Å². The molecule has 0 bridgehead atoms. The molecule has 0 saturated heterocycles. The van der Waals surface area contributed by atoms with Crippen LogP contribution in [-0.4, -0.2) is 9.78 Å². The van der Waals surface area contributed by atoms with E-state index in [1.54, 1.807) is 0 Å². The molecule has 0 amide bonds. The summed E-state index contributed by atoms with van der Waals surface area (Å²) >= 11 is 0. The van der Waals surface area contributed by atoms with Crippen LogP contribution in [0.4, 0.5) is 0 Å². The van der Waals surface area contributed by atoms with Gasteiger partial charge in [-0.3, -0.25) is 0 Å². The zero-order valence-electron chi connectivity index (χ0n) is 8.78. The monoisotopic (exact) mass is 186 g/mol. The highest BCUT2D eigenvalue weighted by Gasteiger charge is 2.07. The topological polar surface area (TPSA) is 17.8 Å². The van der Waals surface area contributed by atoms with Gasteiger partial charge in [0.05, 0.1) is 11.4 Å². The van der Waals surface area contributed by atoms with E-state index in [0.29, 0.717) is 0 Å². The van der Waals surface area contributed by atoms with Crippen LogP contribution in [0.1, 0.15) is 17.0 Å². The third-order valence-corrected chi connectivity index (χ3v) is 2.65. The van der Waals surface area contributed by atoms with Crippen molar-refractivity contribution in [3.8, 4) is 5.69 Å². The van der Waals surface area contributed by atoms with Crippen molar-refractivity contribution in [1.82, 2.24) is 9.78 Å². The zero-order chi connectivity index (χ0) is 10.1. The van der Waals surface area contributed by atoms with Gasteiger partial charge in [0.2, 0.25) is 0 Å². The molecule has 2 aromatic rings. The molecule has 0 spiro atoms. The molecule has 1 aromatic heterocycles. The lowest BCUT2D eigenvalue weighted by atomic mass is 10.2. The first-order chi connectivity index (χ1) is 6.70.